The van der Waals surface area contributed by atoms with E-state index >= 15 is 0 Å². The van der Waals surface area contributed by atoms with Crippen molar-refractivity contribution in [1.82, 2.24) is 4.90 Å². The molecule has 0 radical (unpaired) electrons. The number of carbonyl (C=O) groups is 1. The molecule has 0 heterocycles. The summed E-state index contributed by atoms with van der Waals surface area (Å²) in [5.74, 6) is 0.158. The number of aliphatic carboxylic acids is 1. The summed E-state index contributed by atoms with van der Waals surface area (Å²) in [6.45, 7) is 3.03. The van der Waals surface area contributed by atoms with Crippen molar-refractivity contribution in [3.05, 3.63) is 0 Å². The van der Waals surface area contributed by atoms with E-state index in [1.54, 1.807) is 0 Å². The van der Waals surface area contributed by atoms with Gasteiger partial charge in [0.25, 0.3) is 0 Å². The smallest absolute Gasteiger partial charge is 0.304 e. The molecule has 1 N–H and O–H groups in total. The van der Waals surface area contributed by atoms with E-state index in [9.17, 15) is 4.79 Å². The fourth-order valence-corrected chi connectivity index (χ4v) is 3.18. The van der Waals surface area contributed by atoms with Crippen molar-refractivity contribution >= 4 is 5.97 Å². The van der Waals surface area contributed by atoms with Crippen molar-refractivity contribution in [1.29, 1.82) is 0 Å². The number of nitrogens with zero attached hydrogens (tertiary/aromatic N) is 1. The fraction of sp³-hybridized carbons (Fsp3) is 0.923. The number of carboxylic acids is 1. The highest BCUT2D eigenvalue weighted by Gasteiger charge is 2.38. The van der Waals surface area contributed by atoms with E-state index in [1.807, 2.05) is 0 Å². The highest BCUT2D eigenvalue weighted by atomic mass is 16.4. The van der Waals surface area contributed by atoms with E-state index in [0.717, 1.165) is 12.5 Å². The molecule has 2 fully saturated rings. The summed E-state index contributed by atoms with van der Waals surface area (Å²) in [7, 11) is 0. The summed E-state index contributed by atoms with van der Waals surface area (Å²) in [6, 6.07) is 1.38. The van der Waals surface area contributed by atoms with Crippen LogP contribution in [0.2, 0.25) is 0 Å². The van der Waals surface area contributed by atoms with Gasteiger partial charge in [0.2, 0.25) is 0 Å². The Kier molecular flexibility index (Phi) is 3.85. The monoisotopic (exact) mass is 225 g/mol. The fourth-order valence-electron chi connectivity index (χ4n) is 3.18. The van der Waals surface area contributed by atoms with Crippen molar-refractivity contribution in [3.63, 3.8) is 0 Å². The van der Waals surface area contributed by atoms with E-state index < -0.39 is 5.97 Å². The molecular weight excluding hydrogens is 202 g/mol. The predicted molar refractivity (Wildman–Crippen MR) is 63.4 cm³/mol. The van der Waals surface area contributed by atoms with Gasteiger partial charge in [-0.15, -0.1) is 0 Å². The number of carboxylic acid groups (broad SMARTS) is 1. The van der Waals surface area contributed by atoms with Crippen LogP contribution < -0.4 is 0 Å². The van der Waals surface area contributed by atoms with Crippen LogP contribution in [-0.2, 0) is 4.79 Å². The number of hydrogen-bond donors (Lipinski definition) is 1. The number of rotatable bonds is 6. The average molecular weight is 225 g/mol. The second-order valence-corrected chi connectivity index (χ2v) is 5.28. The largest absolute Gasteiger partial charge is 0.481 e. The Hall–Kier alpha value is -0.570. The molecule has 3 heteroatoms. The van der Waals surface area contributed by atoms with E-state index in [1.165, 1.54) is 38.5 Å². The Morgan fingerprint density at radius 2 is 2.06 bits per heavy atom. The molecule has 0 amide bonds. The van der Waals surface area contributed by atoms with E-state index in [0.29, 0.717) is 18.5 Å². The minimum atomic E-state index is -0.656. The van der Waals surface area contributed by atoms with Gasteiger partial charge in [-0.3, -0.25) is 9.69 Å². The predicted octanol–water partition coefficient (Wildman–Crippen LogP) is 2.50. The van der Waals surface area contributed by atoms with Gasteiger partial charge in [-0.25, -0.2) is 0 Å². The second kappa shape index (κ2) is 5.17. The van der Waals surface area contributed by atoms with E-state index in [2.05, 4.69) is 11.8 Å². The lowest BCUT2D eigenvalue weighted by Gasteiger charge is -2.32. The van der Waals surface area contributed by atoms with Crippen LogP contribution in [0.1, 0.15) is 51.9 Å². The van der Waals surface area contributed by atoms with Crippen molar-refractivity contribution in [2.75, 3.05) is 6.54 Å². The van der Waals surface area contributed by atoms with Crippen molar-refractivity contribution < 1.29 is 9.90 Å². The van der Waals surface area contributed by atoms with Crippen molar-refractivity contribution in [2.45, 2.75) is 64.0 Å². The van der Waals surface area contributed by atoms with E-state index in [-0.39, 0.29) is 0 Å². The zero-order valence-electron chi connectivity index (χ0n) is 10.2. The maximum atomic E-state index is 10.7. The van der Waals surface area contributed by atoms with Gasteiger partial charge in [0.15, 0.2) is 0 Å². The Balaban J connectivity index is 1.92. The SMILES string of the molecule is CCC1CCCC1N(CCC(=O)O)C1CC1. The molecule has 2 rings (SSSR count). The van der Waals surface area contributed by atoms with Crippen LogP contribution >= 0.6 is 0 Å². The van der Waals surface area contributed by atoms with Gasteiger partial charge in [0.1, 0.15) is 0 Å². The average Bonchev–Trinajstić information content (AvgIpc) is 2.96. The van der Waals surface area contributed by atoms with Gasteiger partial charge in [-0.2, -0.15) is 0 Å². The molecule has 2 atom stereocenters. The molecule has 2 aliphatic rings. The molecule has 3 nitrogen and oxygen atoms in total. The third kappa shape index (κ3) is 2.76. The van der Waals surface area contributed by atoms with Gasteiger partial charge in [0, 0.05) is 18.6 Å². The molecule has 0 saturated heterocycles. The minimum absolute atomic E-state index is 0.309. The van der Waals surface area contributed by atoms with Gasteiger partial charge in [-0.05, 0) is 31.6 Å². The number of hydrogen-bond acceptors (Lipinski definition) is 2. The third-order valence-corrected chi connectivity index (χ3v) is 4.17. The Morgan fingerprint density at radius 3 is 2.62 bits per heavy atom. The van der Waals surface area contributed by atoms with Gasteiger partial charge >= 0.3 is 5.97 Å². The van der Waals surface area contributed by atoms with Crippen LogP contribution in [0.15, 0.2) is 0 Å². The zero-order valence-corrected chi connectivity index (χ0v) is 10.2. The molecule has 2 aliphatic carbocycles. The molecule has 0 bridgehead atoms. The summed E-state index contributed by atoms with van der Waals surface area (Å²) < 4.78 is 0. The summed E-state index contributed by atoms with van der Waals surface area (Å²) in [4.78, 5) is 13.2. The molecule has 2 unspecified atom stereocenters. The van der Waals surface area contributed by atoms with Crippen molar-refractivity contribution in [3.8, 4) is 0 Å². The molecule has 0 spiro atoms. The Bertz CT molecular complexity index is 250. The first-order valence-corrected chi connectivity index (χ1v) is 6.70. The zero-order chi connectivity index (χ0) is 11.5. The maximum Gasteiger partial charge on any atom is 0.304 e. The third-order valence-electron chi connectivity index (χ3n) is 4.17. The maximum absolute atomic E-state index is 10.7. The highest BCUT2D eigenvalue weighted by Crippen LogP contribution is 2.38. The van der Waals surface area contributed by atoms with E-state index in [4.69, 9.17) is 5.11 Å². The first kappa shape index (κ1) is 11.9. The first-order chi connectivity index (χ1) is 7.72. The summed E-state index contributed by atoms with van der Waals surface area (Å²) in [5, 5.41) is 8.80. The summed E-state index contributed by atoms with van der Waals surface area (Å²) in [5.41, 5.74) is 0. The van der Waals surface area contributed by atoms with Crippen LogP contribution in [0.5, 0.6) is 0 Å². The lowest BCUT2D eigenvalue weighted by molar-refractivity contribution is -0.137. The van der Waals surface area contributed by atoms with Crippen molar-refractivity contribution in [2.24, 2.45) is 5.92 Å². The molecule has 0 aliphatic heterocycles. The van der Waals surface area contributed by atoms with Gasteiger partial charge < -0.3 is 5.11 Å². The summed E-state index contributed by atoms with van der Waals surface area (Å²) in [6.07, 6.45) is 8.09. The Labute approximate surface area is 97.8 Å². The molecule has 92 valence electrons. The first-order valence-electron chi connectivity index (χ1n) is 6.70. The molecule has 0 aromatic carbocycles. The lowest BCUT2D eigenvalue weighted by Crippen LogP contribution is -2.40. The topological polar surface area (TPSA) is 40.5 Å². The molecule has 0 aromatic heterocycles. The van der Waals surface area contributed by atoms with Crippen LogP contribution in [0.4, 0.5) is 0 Å². The lowest BCUT2D eigenvalue weighted by atomic mass is 9.99. The molecule has 0 aromatic rings. The minimum Gasteiger partial charge on any atom is -0.481 e. The van der Waals surface area contributed by atoms with Gasteiger partial charge in [0.05, 0.1) is 6.42 Å². The van der Waals surface area contributed by atoms with Crippen LogP contribution in [0.3, 0.4) is 0 Å². The Morgan fingerprint density at radius 1 is 1.31 bits per heavy atom. The second-order valence-electron chi connectivity index (χ2n) is 5.28. The summed E-state index contributed by atoms with van der Waals surface area (Å²) >= 11 is 0. The van der Waals surface area contributed by atoms with Gasteiger partial charge in [-0.1, -0.05) is 19.8 Å². The molecule has 2 saturated carbocycles. The van der Waals surface area contributed by atoms with Crippen LogP contribution in [0.25, 0.3) is 0 Å². The quantitative estimate of drug-likeness (QED) is 0.755. The van der Waals surface area contributed by atoms with Crippen LogP contribution in [-0.4, -0.2) is 34.6 Å². The molecule has 16 heavy (non-hydrogen) atoms. The highest BCUT2D eigenvalue weighted by molar-refractivity contribution is 5.66. The normalized spacial score (nSPS) is 29.9. The molecular formula is C13H23NO2. The standard InChI is InChI=1S/C13H23NO2/c1-2-10-4-3-5-12(10)14(11-6-7-11)9-8-13(15)16/h10-12H,2-9H2,1H3,(H,15,16). The van der Waals surface area contributed by atoms with Crippen LogP contribution in [0, 0.1) is 5.92 Å².